The molecule has 4 nitrogen and oxygen atoms in total. The summed E-state index contributed by atoms with van der Waals surface area (Å²) < 4.78 is 0. The van der Waals surface area contributed by atoms with Crippen molar-refractivity contribution in [2.24, 2.45) is 5.73 Å². The lowest BCUT2D eigenvalue weighted by Crippen LogP contribution is -2.36. The molecule has 0 bridgehead atoms. The molecule has 0 aromatic carbocycles. The van der Waals surface area contributed by atoms with Gasteiger partial charge in [0.25, 0.3) is 5.91 Å². The van der Waals surface area contributed by atoms with Crippen molar-refractivity contribution in [2.75, 3.05) is 26.2 Å². The van der Waals surface area contributed by atoms with Crippen LogP contribution < -0.4 is 11.1 Å². The van der Waals surface area contributed by atoms with Crippen LogP contribution in [-0.4, -0.2) is 37.0 Å². The van der Waals surface area contributed by atoms with E-state index in [1.807, 2.05) is 31.2 Å². The van der Waals surface area contributed by atoms with E-state index in [0.29, 0.717) is 12.1 Å². The lowest BCUT2D eigenvalue weighted by atomic mass is 10.2. The largest absolute Gasteiger partial charge is 0.404 e. The Bertz CT molecular complexity index is 574. The van der Waals surface area contributed by atoms with Gasteiger partial charge in [-0.2, -0.15) is 0 Å². The summed E-state index contributed by atoms with van der Waals surface area (Å²) in [6.07, 6.45) is 17.1. The number of carbonyl (C=O) groups is 1. The van der Waals surface area contributed by atoms with E-state index in [2.05, 4.69) is 35.6 Å². The Morgan fingerprint density at radius 3 is 2.69 bits per heavy atom. The average Bonchev–Trinajstić information content (AvgIpc) is 2.64. The maximum atomic E-state index is 12.0. The van der Waals surface area contributed by atoms with E-state index in [-0.39, 0.29) is 5.91 Å². The van der Waals surface area contributed by atoms with Gasteiger partial charge in [-0.25, -0.2) is 0 Å². The SMILES string of the molecule is C=C/C=C\C=C\C#CCCCN(CCC)CCNC(=O)C(/C=C\C)=C/N. The smallest absolute Gasteiger partial charge is 0.252 e. The van der Waals surface area contributed by atoms with Crippen molar-refractivity contribution in [3.8, 4) is 11.8 Å². The monoisotopic (exact) mass is 355 g/mol. The molecule has 0 fully saturated rings. The van der Waals surface area contributed by atoms with Crippen LogP contribution in [0.4, 0.5) is 0 Å². The number of carbonyl (C=O) groups excluding carboxylic acids is 1. The third-order valence-electron chi connectivity index (χ3n) is 3.46. The highest BCUT2D eigenvalue weighted by molar-refractivity contribution is 5.95. The molecular weight excluding hydrogens is 322 g/mol. The number of hydrogen-bond acceptors (Lipinski definition) is 3. The molecule has 0 rings (SSSR count). The van der Waals surface area contributed by atoms with E-state index >= 15 is 0 Å². The molecule has 0 aliphatic rings. The zero-order chi connectivity index (χ0) is 19.5. The van der Waals surface area contributed by atoms with Gasteiger partial charge in [0.1, 0.15) is 0 Å². The Hall–Kier alpha value is -2.51. The van der Waals surface area contributed by atoms with Gasteiger partial charge in [0.2, 0.25) is 0 Å². The number of amides is 1. The minimum Gasteiger partial charge on any atom is -0.404 e. The Balaban J connectivity index is 4.16. The van der Waals surface area contributed by atoms with E-state index < -0.39 is 0 Å². The summed E-state index contributed by atoms with van der Waals surface area (Å²) in [5, 5.41) is 2.91. The number of hydrogen-bond donors (Lipinski definition) is 2. The zero-order valence-corrected chi connectivity index (χ0v) is 16.2. The molecule has 0 aromatic rings. The second-order valence-corrected chi connectivity index (χ2v) is 5.62. The van der Waals surface area contributed by atoms with E-state index in [9.17, 15) is 4.79 Å². The number of allylic oxidation sites excluding steroid dienone is 6. The zero-order valence-electron chi connectivity index (χ0n) is 16.2. The van der Waals surface area contributed by atoms with Crippen molar-refractivity contribution in [1.29, 1.82) is 0 Å². The molecule has 142 valence electrons. The van der Waals surface area contributed by atoms with Gasteiger partial charge in [-0.3, -0.25) is 4.79 Å². The van der Waals surface area contributed by atoms with Crippen molar-refractivity contribution >= 4 is 5.91 Å². The summed E-state index contributed by atoms with van der Waals surface area (Å²) in [6, 6.07) is 0. The van der Waals surface area contributed by atoms with Gasteiger partial charge >= 0.3 is 0 Å². The fourth-order valence-electron chi connectivity index (χ4n) is 2.24. The number of nitrogens with zero attached hydrogens (tertiary/aromatic N) is 1. The molecule has 0 heterocycles. The van der Waals surface area contributed by atoms with Crippen molar-refractivity contribution in [2.45, 2.75) is 33.1 Å². The Kier molecular flexibility index (Phi) is 15.6. The fraction of sp³-hybridized carbons (Fsp3) is 0.409. The Morgan fingerprint density at radius 1 is 1.23 bits per heavy atom. The maximum Gasteiger partial charge on any atom is 0.252 e. The van der Waals surface area contributed by atoms with Gasteiger partial charge in [-0.1, -0.05) is 61.8 Å². The normalized spacial score (nSPS) is 12.0. The highest BCUT2D eigenvalue weighted by Crippen LogP contribution is 1.98. The van der Waals surface area contributed by atoms with E-state index in [1.165, 1.54) is 6.20 Å². The van der Waals surface area contributed by atoms with Crippen LogP contribution in [0.5, 0.6) is 0 Å². The Morgan fingerprint density at radius 2 is 2.04 bits per heavy atom. The molecule has 26 heavy (non-hydrogen) atoms. The first-order valence-electron chi connectivity index (χ1n) is 9.17. The highest BCUT2D eigenvalue weighted by Gasteiger charge is 2.07. The van der Waals surface area contributed by atoms with Crippen molar-refractivity contribution in [3.05, 3.63) is 60.9 Å². The first-order valence-corrected chi connectivity index (χ1v) is 9.17. The summed E-state index contributed by atoms with van der Waals surface area (Å²) in [5.41, 5.74) is 5.96. The molecule has 4 heteroatoms. The quantitative estimate of drug-likeness (QED) is 0.244. The maximum absolute atomic E-state index is 12.0. The van der Waals surface area contributed by atoms with Crippen LogP contribution in [0.3, 0.4) is 0 Å². The minimum atomic E-state index is -0.134. The highest BCUT2D eigenvalue weighted by atomic mass is 16.1. The summed E-state index contributed by atoms with van der Waals surface area (Å²) in [4.78, 5) is 14.3. The number of nitrogens with two attached hydrogens (primary N) is 1. The van der Waals surface area contributed by atoms with Crippen molar-refractivity contribution in [3.63, 3.8) is 0 Å². The lowest BCUT2D eigenvalue weighted by molar-refractivity contribution is -0.117. The number of nitrogens with one attached hydrogen (secondary N) is 1. The second kappa shape index (κ2) is 17.3. The van der Waals surface area contributed by atoms with Gasteiger partial charge < -0.3 is 16.0 Å². The molecule has 0 aliphatic carbocycles. The van der Waals surface area contributed by atoms with E-state index in [1.54, 1.807) is 18.2 Å². The molecule has 0 spiro atoms. The van der Waals surface area contributed by atoms with Gasteiger partial charge in [0.15, 0.2) is 0 Å². The summed E-state index contributed by atoms with van der Waals surface area (Å²) in [7, 11) is 0. The van der Waals surface area contributed by atoms with Crippen molar-refractivity contribution in [1.82, 2.24) is 10.2 Å². The molecule has 0 saturated carbocycles. The van der Waals surface area contributed by atoms with E-state index in [4.69, 9.17) is 5.73 Å². The molecule has 0 aromatic heterocycles. The summed E-state index contributed by atoms with van der Waals surface area (Å²) in [5.74, 6) is 6.04. The van der Waals surface area contributed by atoms with Crippen molar-refractivity contribution < 1.29 is 4.79 Å². The van der Waals surface area contributed by atoms with Gasteiger partial charge in [-0.15, -0.1) is 0 Å². The van der Waals surface area contributed by atoms with Crippen LogP contribution in [0.2, 0.25) is 0 Å². The lowest BCUT2D eigenvalue weighted by Gasteiger charge is -2.21. The van der Waals surface area contributed by atoms with Gasteiger partial charge in [0, 0.05) is 25.7 Å². The molecule has 0 saturated heterocycles. The van der Waals surface area contributed by atoms with Crippen LogP contribution in [0.25, 0.3) is 0 Å². The summed E-state index contributed by atoms with van der Waals surface area (Å²) >= 11 is 0. The third-order valence-corrected chi connectivity index (χ3v) is 3.46. The molecule has 0 radical (unpaired) electrons. The molecule has 1 amide bonds. The van der Waals surface area contributed by atoms with Gasteiger partial charge in [0.05, 0.1) is 5.57 Å². The molecule has 0 unspecified atom stereocenters. The first kappa shape index (κ1) is 23.5. The minimum absolute atomic E-state index is 0.134. The topological polar surface area (TPSA) is 58.4 Å². The summed E-state index contributed by atoms with van der Waals surface area (Å²) in [6.45, 7) is 11.1. The van der Waals surface area contributed by atoms with Crippen LogP contribution in [-0.2, 0) is 4.79 Å². The number of rotatable bonds is 12. The molecule has 3 N–H and O–H groups in total. The molecule has 0 atom stereocenters. The second-order valence-electron chi connectivity index (χ2n) is 5.62. The first-order chi connectivity index (χ1) is 12.7. The van der Waals surface area contributed by atoms with Crippen LogP contribution in [0.15, 0.2) is 60.9 Å². The Labute approximate surface area is 159 Å². The van der Waals surface area contributed by atoms with Crippen LogP contribution in [0.1, 0.15) is 33.1 Å². The predicted octanol–water partition coefficient (Wildman–Crippen LogP) is 3.32. The molecular formula is C22H33N3O. The van der Waals surface area contributed by atoms with E-state index in [0.717, 1.165) is 38.9 Å². The average molecular weight is 356 g/mol. The standard InChI is InChI=1S/C22H33N3O/c1-4-7-8-9-10-11-12-13-14-18-25(17-6-3)19-16-24-22(26)21(20-23)15-5-2/h4-5,7-10,15,20H,1,6,13-14,16-19,23H2,2-3H3,(H,24,26)/b8-7-,10-9+,15-5-,21-20+. The predicted molar refractivity (Wildman–Crippen MR) is 112 cm³/mol. The van der Waals surface area contributed by atoms with Crippen LogP contribution >= 0.6 is 0 Å². The van der Waals surface area contributed by atoms with Crippen LogP contribution in [0, 0.1) is 11.8 Å². The van der Waals surface area contributed by atoms with Gasteiger partial charge in [-0.05, 0) is 38.9 Å². The number of unbranched alkanes of at least 4 members (excludes halogenated alkanes) is 1. The molecule has 0 aliphatic heterocycles. The third kappa shape index (κ3) is 12.9. The fourth-order valence-corrected chi connectivity index (χ4v) is 2.24.